The number of amides is 1. The van der Waals surface area contributed by atoms with Crippen molar-refractivity contribution in [2.45, 2.75) is 18.9 Å². The van der Waals surface area contributed by atoms with Crippen LogP contribution in [0, 0.1) is 11.7 Å². The molecule has 3 rings (SSSR count). The Labute approximate surface area is 164 Å². The fourth-order valence-electron chi connectivity index (χ4n) is 3.40. The third kappa shape index (κ3) is 4.99. The van der Waals surface area contributed by atoms with Gasteiger partial charge in [0.2, 0.25) is 6.10 Å². The van der Waals surface area contributed by atoms with E-state index >= 15 is 0 Å². The highest BCUT2D eigenvalue weighted by atomic mass is 35.5. The smallest absolute Gasteiger partial charge is 0.268 e. The molecule has 0 radical (unpaired) electrons. The number of likely N-dealkylation sites (tertiary alicyclic amines) is 1. The van der Waals surface area contributed by atoms with Gasteiger partial charge in [-0.05, 0) is 50.6 Å². The summed E-state index contributed by atoms with van der Waals surface area (Å²) in [5.74, 6) is 0.345. The molecule has 0 saturated carbocycles. The van der Waals surface area contributed by atoms with Crippen LogP contribution >= 0.6 is 11.6 Å². The second-order valence-corrected chi connectivity index (χ2v) is 7.22. The van der Waals surface area contributed by atoms with Crippen molar-refractivity contribution >= 4 is 17.5 Å². The van der Waals surface area contributed by atoms with E-state index in [0.717, 1.165) is 24.9 Å². The predicted molar refractivity (Wildman–Crippen MR) is 104 cm³/mol. The molecule has 27 heavy (non-hydrogen) atoms. The average Bonchev–Trinajstić information content (AvgIpc) is 2.68. The van der Waals surface area contributed by atoms with Crippen LogP contribution in [0.2, 0.25) is 5.02 Å². The zero-order chi connectivity index (χ0) is 19.2. The standard InChI is InChI=1S/C21H24ClFN2O2/c1-24-14-15-9-11-25(12-10-15)21(26)20(16-5-3-2-4-6-16)27-19-8-7-17(23)13-18(19)22/h2-8,13,15,20,24H,9-12,14H2,1H3. The van der Waals surface area contributed by atoms with Gasteiger partial charge in [0.1, 0.15) is 11.6 Å². The van der Waals surface area contributed by atoms with Crippen LogP contribution in [0.5, 0.6) is 5.75 Å². The van der Waals surface area contributed by atoms with Gasteiger partial charge in [-0.2, -0.15) is 0 Å². The normalized spacial score (nSPS) is 16.2. The second-order valence-electron chi connectivity index (χ2n) is 6.81. The zero-order valence-electron chi connectivity index (χ0n) is 15.3. The van der Waals surface area contributed by atoms with Crippen LogP contribution in [0.15, 0.2) is 48.5 Å². The number of piperidine rings is 1. The van der Waals surface area contributed by atoms with E-state index < -0.39 is 11.9 Å². The molecule has 4 nitrogen and oxygen atoms in total. The van der Waals surface area contributed by atoms with Crippen molar-refractivity contribution in [1.82, 2.24) is 10.2 Å². The summed E-state index contributed by atoms with van der Waals surface area (Å²) in [4.78, 5) is 15.1. The average molecular weight is 391 g/mol. The van der Waals surface area contributed by atoms with E-state index in [1.807, 2.05) is 42.3 Å². The number of nitrogens with one attached hydrogen (secondary N) is 1. The number of hydrogen-bond acceptors (Lipinski definition) is 3. The number of carbonyl (C=O) groups is 1. The lowest BCUT2D eigenvalue weighted by Crippen LogP contribution is -2.43. The molecule has 2 aromatic carbocycles. The van der Waals surface area contributed by atoms with Crippen molar-refractivity contribution in [2.24, 2.45) is 5.92 Å². The minimum atomic E-state index is -0.810. The summed E-state index contributed by atoms with van der Waals surface area (Å²) < 4.78 is 19.3. The first kappa shape index (κ1) is 19.6. The number of hydrogen-bond donors (Lipinski definition) is 1. The molecule has 0 aliphatic carbocycles. The maximum Gasteiger partial charge on any atom is 0.268 e. The molecule has 1 atom stereocenters. The molecule has 2 aromatic rings. The van der Waals surface area contributed by atoms with Gasteiger partial charge in [0, 0.05) is 18.7 Å². The third-order valence-electron chi connectivity index (χ3n) is 4.88. The highest BCUT2D eigenvalue weighted by molar-refractivity contribution is 6.32. The first-order chi connectivity index (χ1) is 13.1. The van der Waals surface area contributed by atoms with Gasteiger partial charge in [-0.1, -0.05) is 41.9 Å². The molecule has 1 aliphatic rings. The Bertz CT molecular complexity index is 764. The SMILES string of the molecule is CNCC1CCN(C(=O)C(Oc2ccc(F)cc2Cl)c2ccccc2)CC1. The van der Waals surface area contributed by atoms with Crippen molar-refractivity contribution in [3.63, 3.8) is 0 Å². The van der Waals surface area contributed by atoms with Gasteiger partial charge in [0.15, 0.2) is 0 Å². The van der Waals surface area contributed by atoms with E-state index in [1.54, 1.807) is 0 Å². The van der Waals surface area contributed by atoms with Crippen LogP contribution < -0.4 is 10.1 Å². The van der Waals surface area contributed by atoms with Crippen LogP contribution in [0.1, 0.15) is 24.5 Å². The van der Waals surface area contributed by atoms with Gasteiger partial charge in [-0.3, -0.25) is 4.79 Å². The molecular formula is C21H24ClFN2O2. The van der Waals surface area contributed by atoms with Gasteiger partial charge in [-0.15, -0.1) is 0 Å². The third-order valence-corrected chi connectivity index (χ3v) is 5.18. The fraction of sp³-hybridized carbons (Fsp3) is 0.381. The second kappa shape index (κ2) is 9.20. The fourth-order valence-corrected chi connectivity index (χ4v) is 3.61. The maximum absolute atomic E-state index is 13.3. The van der Waals surface area contributed by atoms with Gasteiger partial charge >= 0.3 is 0 Å². The lowest BCUT2D eigenvalue weighted by molar-refractivity contribution is -0.140. The van der Waals surface area contributed by atoms with Gasteiger partial charge in [-0.25, -0.2) is 4.39 Å². The van der Waals surface area contributed by atoms with Crippen molar-refractivity contribution in [3.05, 3.63) is 64.9 Å². The van der Waals surface area contributed by atoms with Gasteiger partial charge in [0.05, 0.1) is 5.02 Å². The van der Waals surface area contributed by atoms with Crippen LogP contribution in [-0.4, -0.2) is 37.5 Å². The van der Waals surface area contributed by atoms with E-state index in [0.29, 0.717) is 24.8 Å². The van der Waals surface area contributed by atoms with Crippen LogP contribution in [0.4, 0.5) is 4.39 Å². The molecule has 0 bridgehead atoms. The zero-order valence-corrected chi connectivity index (χ0v) is 16.1. The summed E-state index contributed by atoms with van der Waals surface area (Å²) >= 11 is 6.11. The molecule has 0 spiro atoms. The van der Waals surface area contributed by atoms with E-state index in [9.17, 15) is 9.18 Å². The van der Waals surface area contributed by atoms with E-state index in [1.165, 1.54) is 18.2 Å². The quantitative estimate of drug-likeness (QED) is 0.808. The Balaban J connectivity index is 1.79. The van der Waals surface area contributed by atoms with Crippen LogP contribution in [0.25, 0.3) is 0 Å². The first-order valence-electron chi connectivity index (χ1n) is 9.18. The number of nitrogens with zero attached hydrogens (tertiary/aromatic N) is 1. The molecule has 6 heteroatoms. The minimum absolute atomic E-state index is 0.0931. The predicted octanol–water partition coefficient (Wildman–Crippen LogP) is 4.06. The van der Waals surface area contributed by atoms with E-state index in [4.69, 9.17) is 16.3 Å². The summed E-state index contributed by atoms with van der Waals surface area (Å²) in [6.45, 7) is 2.37. The molecular weight excluding hydrogens is 367 g/mol. The number of benzene rings is 2. The molecule has 144 valence electrons. The molecule has 0 aromatic heterocycles. The Morgan fingerprint density at radius 3 is 2.59 bits per heavy atom. The number of rotatable bonds is 6. The molecule has 1 aliphatic heterocycles. The van der Waals surface area contributed by atoms with Crippen LogP contribution in [0.3, 0.4) is 0 Å². The Kier molecular flexibility index (Phi) is 6.69. The summed E-state index contributed by atoms with van der Waals surface area (Å²) in [7, 11) is 1.95. The molecule has 1 unspecified atom stereocenters. The van der Waals surface area contributed by atoms with Crippen LogP contribution in [-0.2, 0) is 4.79 Å². The topological polar surface area (TPSA) is 41.6 Å². The van der Waals surface area contributed by atoms with Crippen molar-refractivity contribution < 1.29 is 13.9 Å². The van der Waals surface area contributed by atoms with E-state index in [-0.39, 0.29) is 10.9 Å². The molecule has 1 N–H and O–H groups in total. The summed E-state index contributed by atoms with van der Waals surface area (Å²) in [5.41, 5.74) is 0.750. The summed E-state index contributed by atoms with van der Waals surface area (Å²) in [6.07, 6.45) is 1.12. The summed E-state index contributed by atoms with van der Waals surface area (Å²) in [6, 6.07) is 13.2. The van der Waals surface area contributed by atoms with Crippen molar-refractivity contribution in [3.8, 4) is 5.75 Å². The number of carbonyl (C=O) groups excluding carboxylic acids is 1. The Morgan fingerprint density at radius 2 is 1.96 bits per heavy atom. The minimum Gasteiger partial charge on any atom is -0.474 e. The molecule has 1 saturated heterocycles. The van der Waals surface area contributed by atoms with Crippen molar-refractivity contribution in [2.75, 3.05) is 26.7 Å². The Hall–Kier alpha value is -2.11. The maximum atomic E-state index is 13.3. The number of halogens is 2. The number of ether oxygens (including phenoxy) is 1. The molecule has 1 amide bonds. The summed E-state index contributed by atoms with van der Waals surface area (Å²) in [5, 5.41) is 3.35. The lowest BCUT2D eigenvalue weighted by atomic mass is 9.96. The highest BCUT2D eigenvalue weighted by Gasteiger charge is 2.31. The monoisotopic (exact) mass is 390 g/mol. The molecule has 1 heterocycles. The van der Waals surface area contributed by atoms with Crippen molar-refractivity contribution in [1.29, 1.82) is 0 Å². The molecule has 1 fully saturated rings. The van der Waals surface area contributed by atoms with Gasteiger partial charge in [0.25, 0.3) is 5.91 Å². The Morgan fingerprint density at radius 1 is 1.26 bits per heavy atom. The van der Waals surface area contributed by atoms with E-state index in [2.05, 4.69) is 5.32 Å². The lowest BCUT2D eigenvalue weighted by Gasteiger charge is -2.34. The van der Waals surface area contributed by atoms with Gasteiger partial charge < -0.3 is 15.0 Å². The highest BCUT2D eigenvalue weighted by Crippen LogP contribution is 2.31. The largest absolute Gasteiger partial charge is 0.474 e. The first-order valence-corrected chi connectivity index (χ1v) is 9.56.